The lowest BCUT2D eigenvalue weighted by Gasteiger charge is -2.63. The maximum absolute atomic E-state index is 13.6. The fourth-order valence-corrected chi connectivity index (χ4v) is 6.48. The zero-order valence-electron chi connectivity index (χ0n) is 12.5. The summed E-state index contributed by atoms with van der Waals surface area (Å²) >= 11 is 6.32. The van der Waals surface area contributed by atoms with E-state index in [1.165, 1.54) is 44.6 Å². The Morgan fingerprint density at radius 3 is 2.52 bits per heavy atom. The first-order chi connectivity index (χ1) is 9.89. The van der Waals surface area contributed by atoms with Crippen molar-refractivity contribution in [3.63, 3.8) is 0 Å². The number of hydrogen-bond acceptors (Lipinski definition) is 1. The summed E-state index contributed by atoms with van der Waals surface area (Å²) in [6.07, 6.45) is 7.67. The Balaban J connectivity index is 1.73. The monoisotopic (exact) mass is 307 g/mol. The van der Waals surface area contributed by atoms with Gasteiger partial charge >= 0.3 is 0 Å². The van der Waals surface area contributed by atoms with E-state index in [4.69, 9.17) is 17.3 Å². The third-order valence-electron chi connectivity index (χ3n) is 6.35. The Morgan fingerprint density at radius 2 is 1.90 bits per heavy atom. The van der Waals surface area contributed by atoms with E-state index in [2.05, 4.69) is 6.92 Å². The van der Waals surface area contributed by atoms with Gasteiger partial charge < -0.3 is 5.73 Å². The second kappa shape index (κ2) is 4.45. The van der Waals surface area contributed by atoms with Crippen molar-refractivity contribution in [1.82, 2.24) is 0 Å². The number of rotatable bonds is 2. The summed E-state index contributed by atoms with van der Waals surface area (Å²) in [7, 11) is 0. The fraction of sp³-hybridized carbons (Fsp3) is 0.667. The third kappa shape index (κ3) is 2.14. The Kier molecular flexibility index (Phi) is 2.97. The largest absolute Gasteiger partial charge is 0.323 e. The summed E-state index contributed by atoms with van der Waals surface area (Å²) in [5.74, 6) is 1.39. The highest BCUT2D eigenvalue weighted by Crippen LogP contribution is 2.68. The van der Waals surface area contributed by atoms with Crippen LogP contribution in [0.3, 0.4) is 0 Å². The topological polar surface area (TPSA) is 26.0 Å². The molecule has 0 heterocycles. The third-order valence-corrected chi connectivity index (χ3v) is 6.70. The van der Waals surface area contributed by atoms with Gasteiger partial charge in [-0.1, -0.05) is 18.5 Å². The molecule has 1 nitrogen and oxygen atoms in total. The molecule has 4 fully saturated rings. The van der Waals surface area contributed by atoms with Crippen LogP contribution in [-0.2, 0) is 0 Å². The summed E-state index contributed by atoms with van der Waals surface area (Å²) in [5.41, 5.74) is 8.06. The van der Waals surface area contributed by atoms with Crippen LogP contribution >= 0.6 is 11.6 Å². The van der Waals surface area contributed by atoms with Crippen LogP contribution in [0.5, 0.6) is 0 Å². The van der Waals surface area contributed by atoms with Crippen LogP contribution in [0, 0.1) is 28.5 Å². The molecular weight excluding hydrogens is 285 g/mol. The van der Waals surface area contributed by atoms with Gasteiger partial charge in [0.1, 0.15) is 5.82 Å². The molecule has 3 unspecified atom stereocenters. The van der Waals surface area contributed by atoms with Crippen LogP contribution in [0.4, 0.5) is 4.39 Å². The van der Waals surface area contributed by atoms with E-state index in [-0.39, 0.29) is 17.3 Å². The Labute approximate surface area is 131 Å². The predicted molar refractivity (Wildman–Crippen MR) is 83.6 cm³/mol. The zero-order chi connectivity index (χ0) is 14.8. The number of halogens is 2. The van der Waals surface area contributed by atoms with Crippen molar-refractivity contribution in [2.75, 3.05) is 0 Å². The van der Waals surface area contributed by atoms with Crippen LogP contribution in [0.1, 0.15) is 57.1 Å². The van der Waals surface area contributed by atoms with Crippen LogP contribution in [0.25, 0.3) is 0 Å². The lowest BCUT2D eigenvalue weighted by atomic mass is 9.43. The second-order valence-corrected chi connectivity index (χ2v) is 8.68. The van der Waals surface area contributed by atoms with E-state index in [1.807, 2.05) is 0 Å². The molecule has 0 saturated heterocycles. The zero-order valence-corrected chi connectivity index (χ0v) is 13.3. The average Bonchev–Trinajstić information content (AvgIpc) is 2.38. The van der Waals surface area contributed by atoms with Gasteiger partial charge in [0.05, 0.1) is 0 Å². The fourth-order valence-electron chi connectivity index (χ4n) is 6.24. The highest BCUT2D eigenvalue weighted by molar-refractivity contribution is 6.31. The van der Waals surface area contributed by atoms with Gasteiger partial charge in [-0.15, -0.1) is 0 Å². The Morgan fingerprint density at radius 1 is 1.24 bits per heavy atom. The highest BCUT2D eigenvalue weighted by Gasteiger charge is 2.58. The van der Waals surface area contributed by atoms with E-state index >= 15 is 0 Å². The SMILES string of the molecule is CC12CC3CC(C1)CC(C(N)c1cc(F)ccc1Cl)(C3)C2. The predicted octanol–water partition coefficient (Wildman–Crippen LogP) is 5.09. The molecule has 0 aromatic heterocycles. The molecule has 4 aliphatic rings. The molecule has 3 atom stereocenters. The molecule has 114 valence electrons. The second-order valence-electron chi connectivity index (χ2n) is 8.28. The van der Waals surface area contributed by atoms with E-state index in [0.717, 1.165) is 17.4 Å². The van der Waals surface area contributed by atoms with Crippen LogP contribution in [0.15, 0.2) is 18.2 Å². The highest BCUT2D eigenvalue weighted by atomic mass is 35.5. The molecule has 2 N–H and O–H groups in total. The number of hydrogen-bond donors (Lipinski definition) is 1. The van der Waals surface area contributed by atoms with E-state index in [0.29, 0.717) is 10.4 Å². The molecule has 4 saturated carbocycles. The van der Waals surface area contributed by atoms with Crippen molar-refractivity contribution >= 4 is 11.6 Å². The minimum atomic E-state index is -0.235. The van der Waals surface area contributed by atoms with E-state index in [9.17, 15) is 4.39 Å². The molecule has 0 spiro atoms. The smallest absolute Gasteiger partial charge is 0.123 e. The van der Waals surface area contributed by atoms with Crippen LogP contribution < -0.4 is 5.73 Å². The van der Waals surface area contributed by atoms with Gasteiger partial charge in [0.2, 0.25) is 0 Å². The Hall–Kier alpha value is -0.600. The molecule has 3 heteroatoms. The van der Waals surface area contributed by atoms with Crippen molar-refractivity contribution in [2.45, 2.75) is 51.5 Å². The molecule has 0 aliphatic heterocycles. The molecule has 1 aromatic carbocycles. The van der Waals surface area contributed by atoms with Gasteiger partial charge in [-0.2, -0.15) is 0 Å². The molecule has 5 rings (SSSR count). The lowest BCUT2D eigenvalue weighted by Crippen LogP contribution is -2.54. The van der Waals surface area contributed by atoms with Crippen molar-refractivity contribution in [3.05, 3.63) is 34.6 Å². The van der Waals surface area contributed by atoms with Crippen molar-refractivity contribution in [3.8, 4) is 0 Å². The summed E-state index contributed by atoms with van der Waals surface area (Å²) in [6.45, 7) is 2.43. The lowest BCUT2D eigenvalue weighted by molar-refractivity contribution is -0.113. The molecule has 1 aromatic rings. The maximum Gasteiger partial charge on any atom is 0.123 e. The first kappa shape index (κ1) is 14.0. The normalized spacial score (nSPS) is 42.3. The average molecular weight is 308 g/mol. The number of benzene rings is 1. The van der Waals surface area contributed by atoms with Gasteiger partial charge in [-0.3, -0.25) is 0 Å². The van der Waals surface area contributed by atoms with Gasteiger partial charge in [0.25, 0.3) is 0 Å². The van der Waals surface area contributed by atoms with E-state index in [1.54, 1.807) is 12.1 Å². The van der Waals surface area contributed by atoms with Gasteiger partial charge in [0.15, 0.2) is 0 Å². The summed E-state index contributed by atoms with van der Waals surface area (Å²) in [5, 5.41) is 0.616. The van der Waals surface area contributed by atoms with Gasteiger partial charge in [-0.05, 0) is 85.0 Å². The standard InChI is InChI=1S/C18H23ClFN/c1-17-6-11-4-12(7-17)9-18(8-11,10-17)16(21)14-5-13(20)2-3-15(14)19/h2-3,5,11-12,16H,4,6-10,21H2,1H3. The minimum Gasteiger partial charge on any atom is -0.323 e. The van der Waals surface area contributed by atoms with Crippen molar-refractivity contribution < 1.29 is 4.39 Å². The summed E-state index contributed by atoms with van der Waals surface area (Å²) in [6, 6.07) is 4.48. The van der Waals surface area contributed by atoms with Crippen LogP contribution in [-0.4, -0.2) is 0 Å². The Bertz CT molecular complexity index is 571. The quantitative estimate of drug-likeness (QED) is 0.809. The first-order valence-corrected chi connectivity index (χ1v) is 8.48. The van der Waals surface area contributed by atoms with E-state index < -0.39 is 0 Å². The summed E-state index contributed by atoms with van der Waals surface area (Å²) in [4.78, 5) is 0. The number of nitrogens with two attached hydrogens (primary N) is 1. The minimum absolute atomic E-state index is 0.133. The van der Waals surface area contributed by atoms with Gasteiger partial charge in [-0.25, -0.2) is 4.39 Å². The summed E-state index contributed by atoms with van der Waals surface area (Å²) < 4.78 is 13.6. The maximum atomic E-state index is 13.6. The molecule has 0 radical (unpaired) electrons. The molecule has 4 aliphatic carbocycles. The van der Waals surface area contributed by atoms with Crippen molar-refractivity contribution in [2.24, 2.45) is 28.4 Å². The molecule has 4 bridgehead atoms. The van der Waals surface area contributed by atoms with Crippen LogP contribution in [0.2, 0.25) is 5.02 Å². The molecule has 0 amide bonds. The van der Waals surface area contributed by atoms with Gasteiger partial charge in [0, 0.05) is 11.1 Å². The van der Waals surface area contributed by atoms with Crippen molar-refractivity contribution in [1.29, 1.82) is 0 Å². The first-order valence-electron chi connectivity index (χ1n) is 8.10. The molecular formula is C18H23ClFN. The molecule has 21 heavy (non-hydrogen) atoms.